The van der Waals surface area contributed by atoms with E-state index in [9.17, 15) is 9.59 Å². The second-order valence-corrected chi connectivity index (χ2v) is 6.51. The van der Waals surface area contributed by atoms with Crippen molar-refractivity contribution in [1.82, 2.24) is 14.5 Å². The summed E-state index contributed by atoms with van der Waals surface area (Å²) in [5.41, 5.74) is 0.835. The quantitative estimate of drug-likeness (QED) is 0.777. The molecule has 1 aromatic rings. The minimum atomic E-state index is -0.0407. The van der Waals surface area contributed by atoms with Gasteiger partial charge in [0.1, 0.15) is 0 Å². The number of ether oxygens (including phenoxy) is 1. The maximum absolute atomic E-state index is 12.5. The fourth-order valence-electron chi connectivity index (χ4n) is 3.72. The first-order chi connectivity index (χ1) is 10.6. The third-order valence-electron chi connectivity index (χ3n) is 4.97. The van der Waals surface area contributed by atoms with Crippen molar-refractivity contribution in [2.45, 2.75) is 51.6 Å². The molecule has 120 valence electrons. The van der Waals surface area contributed by atoms with E-state index in [0.29, 0.717) is 32.5 Å². The molecule has 1 saturated heterocycles. The standard InChI is InChI=1S/C16H23N3O3/c1-22-7-6-18-12-17-10-13(18)11-19-14(20)8-16(9-15(19)21)4-2-3-5-16/h10,12H,2-9,11H2,1H3. The number of imide groups is 1. The number of imidazole rings is 1. The summed E-state index contributed by atoms with van der Waals surface area (Å²) >= 11 is 0. The number of carbonyl (C=O) groups is 2. The van der Waals surface area contributed by atoms with Crippen LogP contribution in [0.1, 0.15) is 44.2 Å². The van der Waals surface area contributed by atoms with Crippen molar-refractivity contribution in [3.63, 3.8) is 0 Å². The Morgan fingerprint density at radius 1 is 1.23 bits per heavy atom. The number of hydrogen-bond donors (Lipinski definition) is 0. The topological polar surface area (TPSA) is 64.4 Å². The molecule has 1 saturated carbocycles. The number of rotatable bonds is 5. The summed E-state index contributed by atoms with van der Waals surface area (Å²) in [6.07, 6.45) is 8.79. The molecule has 2 heterocycles. The molecule has 1 spiro atoms. The molecule has 1 aliphatic carbocycles. The molecule has 0 unspecified atom stereocenters. The van der Waals surface area contributed by atoms with Crippen LogP contribution in [0.5, 0.6) is 0 Å². The number of carbonyl (C=O) groups excluding carboxylic acids is 2. The number of nitrogens with zero attached hydrogens (tertiary/aromatic N) is 3. The minimum absolute atomic E-state index is 0.0300. The number of aromatic nitrogens is 2. The van der Waals surface area contributed by atoms with Crippen LogP contribution in [-0.4, -0.2) is 40.0 Å². The second kappa shape index (κ2) is 6.20. The van der Waals surface area contributed by atoms with Crippen LogP contribution in [0.4, 0.5) is 0 Å². The maximum Gasteiger partial charge on any atom is 0.230 e. The van der Waals surface area contributed by atoms with Gasteiger partial charge in [0.15, 0.2) is 0 Å². The monoisotopic (exact) mass is 305 g/mol. The van der Waals surface area contributed by atoms with Crippen LogP contribution >= 0.6 is 0 Å². The second-order valence-electron chi connectivity index (χ2n) is 6.51. The fraction of sp³-hybridized carbons (Fsp3) is 0.688. The van der Waals surface area contributed by atoms with E-state index in [2.05, 4.69) is 4.98 Å². The molecule has 1 aromatic heterocycles. The largest absolute Gasteiger partial charge is 0.383 e. The van der Waals surface area contributed by atoms with Crippen molar-refractivity contribution in [3.8, 4) is 0 Å². The van der Waals surface area contributed by atoms with Crippen LogP contribution in [0, 0.1) is 5.41 Å². The molecule has 0 aromatic carbocycles. The fourth-order valence-corrected chi connectivity index (χ4v) is 3.72. The predicted molar refractivity (Wildman–Crippen MR) is 79.8 cm³/mol. The number of likely N-dealkylation sites (tertiary alicyclic amines) is 1. The smallest absolute Gasteiger partial charge is 0.230 e. The summed E-state index contributed by atoms with van der Waals surface area (Å²) < 4.78 is 7.00. The summed E-state index contributed by atoms with van der Waals surface area (Å²) in [5, 5.41) is 0. The predicted octanol–water partition coefficient (Wildman–Crippen LogP) is 1.74. The normalized spacial score (nSPS) is 21.0. The summed E-state index contributed by atoms with van der Waals surface area (Å²) in [6.45, 7) is 1.57. The van der Waals surface area contributed by atoms with E-state index in [1.165, 1.54) is 4.90 Å². The van der Waals surface area contributed by atoms with Gasteiger partial charge in [0, 0.05) is 32.7 Å². The molecule has 0 bridgehead atoms. The van der Waals surface area contributed by atoms with Gasteiger partial charge in [-0.1, -0.05) is 12.8 Å². The molecule has 2 aliphatic rings. The van der Waals surface area contributed by atoms with E-state index in [1.807, 2.05) is 4.57 Å². The first kappa shape index (κ1) is 15.2. The van der Waals surface area contributed by atoms with Crippen molar-refractivity contribution in [3.05, 3.63) is 18.2 Å². The van der Waals surface area contributed by atoms with Crippen molar-refractivity contribution in [2.24, 2.45) is 5.41 Å². The van der Waals surface area contributed by atoms with Crippen molar-refractivity contribution in [1.29, 1.82) is 0 Å². The van der Waals surface area contributed by atoms with E-state index >= 15 is 0 Å². The Morgan fingerprint density at radius 3 is 2.55 bits per heavy atom. The van der Waals surface area contributed by atoms with Gasteiger partial charge in [-0.25, -0.2) is 4.98 Å². The Labute approximate surface area is 130 Å². The molecule has 3 rings (SSSR count). The summed E-state index contributed by atoms with van der Waals surface area (Å²) in [4.78, 5) is 30.5. The number of amides is 2. The SMILES string of the molecule is COCCn1cncc1CN1C(=O)CC2(CCCC2)CC1=O. The number of piperidine rings is 1. The van der Waals surface area contributed by atoms with Crippen LogP contribution in [0.25, 0.3) is 0 Å². The summed E-state index contributed by atoms with van der Waals surface area (Å²) in [6, 6.07) is 0. The zero-order valence-corrected chi connectivity index (χ0v) is 13.1. The van der Waals surface area contributed by atoms with Gasteiger partial charge in [-0.15, -0.1) is 0 Å². The highest BCUT2D eigenvalue weighted by molar-refractivity contribution is 5.98. The van der Waals surface area contributed by atoms with Gasteiger partial charge in [0.2, 0.25) is 11.8 Å². The lowest BCUT2D eigenvalue weighted by molar-refractivity contribution is -0.154. The lowest BCUT2D eigenvalue weighted by Crippen LogP contribution is -2.46. The third kappa shape index (κ3) is 2.92. The molecular weight excluding hydrogens is 282 g/mol. The number of hydrogen-bond acceptors (Lipinski definition) is 4. The average molecular weight is 305 g/mol. The van der Waals surface area contributed by atoms with Gasteiger partial charge in [-0.3, -0.25) is 14.5 Å². The van der Waals surface area contributed by atoms with Crippen LogP contribution < -0.4 is 0 Å². The van der Waals surface area contributed by atoms with Gasteiger partial charge in [0.25, 0.3) is 0 Å². The van der Waals surface area contributed by atoms with E-state index in [0.717, 1.165) is 31.4 Å². The molecule has 22 heavy (non-hydrogen) atoms. The highest BCUT2D eigenvalue weighted by atomic mass is 16.5. The lowest BCUT2D eigenvalue weighted by Gasteiger charge is -2.37. The minimum Gasteiger partial charge on any atom is -0.383 e. The summed E-state index contributed by atoms with van der Waals surface area (Å²) in [5.74, 6) is -0.0599. The van der Waals surface area contributed by atoms with E-state index in [4.69, 9.17) is 4.74 Å². The van der Waals surface area contributed by atoms with Crippen LogP contribution in [0.2, 0.25) is 0 Å². The van der Waals surface area contributed by atoms with Crippen molar-refractivity contribution >= 4 is 11.8 Å². The molecule has 0 atom stereocenters. The maximum atomic E-state index is 12.5. The van der Waals surface area contributed by atoms with E-state index in [1.54, 1.807) is 19.6 Å². The zero-order chi connectivity index (χ0) is 15.6. The Bertz CT molecular complexity index is 541. The molecule has 0 N–H and O–H groups in total. The van der Waals surface area contributed by atoms with Gasteiger partial charge in [-0.05, 0) is 18.3 Å². The Morgan fingerprint density at radius 2 is 1.91 bits per heavy atom. The third-order valence-corrected chi connectivity index (χ3v) is 4.97. The van der Waals surface area contributed by atoms with Crippen LogP contribution in [0.3, 0.4) is 0 Å². The number of methoxy groups -OCH3 is 1. The Hall–Kier alpha value is -1.69. The molecule has 2 fully saturated rings. The lowest BCUT2D eigenvalue weighted by atomic mass is 9.76. The summed E-state index contributed by atoms with van der Waals surface area (Å²) in [7, 11) is 1.65. The average Bonchev–Trinajstić information content (AvgIpc) is 3.10. The van der Waals surface area contributed by atoms with Crippen molar-refractivity contribution in [2.75, 3.05) is 13.7 Å². The van der Waals surface area contributed by atoms with E-state index < -0.39 is 0 Å². The molecule has 6 nitrogen and oxygen atoms in total. The highest BCUT2D eigenvalue weighted by Crippen LogP contribution is 2.47. The van der Waals surface area contributed by atoms with Gasteiger partial charge in [0.05, 0.1) is 25.2 Å². The molecule has 6 heteroatoms. The van der Waals surface area contributed by atoms with E-state index in [-0.39, 0.29) is 17.2 Å². The molecular formula is C16H23N3O3. The molecule has 0 radical (unpaired) electrons. The first-order valence-electron chi connectivity index (χ1n) is 7.95. The van der Waals surface area contributed by atoms with Crippen LogP contribution in [-0.2, 0) is 27.4 Å². The molecule has 2 amide bonds. The highest BCUT2D eigenvalue weighted by Gasteiger charge is 2.45. The molecule has 1 aliphatic heterocycles. The zero-order valence-electron chi connectivity index (χ0n) is 13.1. The van der Waals surface area contributed by atoms with Gasteiger partial charge < -0.3 is 9.30 Å². The Kier molecular flexibility index (Phi) is 4.29. The van der Waals surface area contributed by atoms with Gasteiger partial charge in [-0.2, -0.15) is 0 Å². The van der Waals surface area contributed by atoms with Gasteiger partial charge >= 0.3 is 0 Å². The van der Waals surface area contributed by atoms with Crippen LogP contribution in [0.15, 0.2) is 12.5 Å². The Balaban J connectivity index is 1.69. The first-order valence-corrected chi connectivity index (χ1v) is 7.95. The van der Waals surface area contributed by atoms with Crippen molar-refractivity contribution < 1.29 is 14.3 Å².